The van der Waals surface area contributed by atoms with E-state index < -0.39 is 10.1 Å². The molecule has 28 heavy (non-hydrogen) atoms. The van der Waals surface area contributed by atoms with Gasteiger partial charge in [-0.15, -0.1) is 0 Å². The van der Waals surface area contributed by atoms with E-state index in [1.54, 1.807) is 0 Å². The van der Waals surface area contributed by atoms with Crippen molar-refractivity contribution in [2.75, 3.05) is 12.3 Å². The van der Waals surface area contributed by atoms with Gasteiger partial charge >= 0.3 is 51.4 Å². The monoisotopic (exact) mass is 441 g/mol. The van der Waals surface area contributed by atoms with Crippen LogP contribution in [0.4, 0.5) is 0 Å². The van der Waals surface area contributed by atoms with Crippen LogP contribution in [0.25, 0.3) is 0 Å². The summed E-state index contributed by atoms with van der Waals surface area (Å²) < 4.78 is 29.6. The third-order valence-corrected chi connectivity index (χ3v) is 5.31. The van der Waals surface area contributed by atoms with E-state index in [2.05, 4.69) is 24.1 Å². The van der Waals surface area contributed by atoms with Gasteiger partial charge in [0.1, 0.15) is 0 Å². The van der Waals surface area contributed by atoms with E-state index in [0.717, 1.165) is 25.7 Å². The van der Waals surface area contributed by atoms with E-state index in [0.29, 0.717) is 6.42 Å². The van der Waals surface area contributed by atoms with Crippen molar-refractivity contribution < 1.29 is 69.5 Å². The number of rotatable bonds is 19. The topological polar surface area (TPSA) is 89.8 Å². The number of hydrogen-bond donors (Lipinski definition) is 1. The molecule has 0 bridgehead atoms. The summed E-state index contributed by atoms with van der Waals surface area (Å²) in [6.45, 7) is 2.42. The van der Waals surface area contributed by atoms with Gasteiger partial charge in [-0.1, -0.05) is 70.4 Å². The maximum atomic E-state index is 11.5. The molecule has 0 unspecified atom stereocenters. The van der Waals surface area contributed by atoms with Crippen LogP contribution in [0.5, 0.6) is 0 Å². The minimum Gasteiger partial charge on any atom is -0.862 e. The molecule has 0 amide bonds. The molecule has 0 saturated carbocycles. The molecule has 0 aliphatic heterocycles. The molecule has 0 rings (SSSR count). The third-order valence-electron chi connectivity index (χ3n) is 4.50. The molecule has 0 aliphatic rings. The molecule has 0 aliphatic carbocycles. The van der Waals surface area contributed by atoms with Crippen molar-refractivity contribution in [1.29, 1.82) is 0 Å². The van der Waals surface area contributed by atoms with Gasteiger partial charge in [-0.25, -0.2) is 0 Å². The normalized spacial score (nSPS) is 12.4. The van der Waals surface area contributed by atoms with Crippen molar-refractivity contribution in [2.45, 2.75) is 103 Å². The molecule has 0 fully saturated rings. The first-order chi connectivity index (χ1) is 13.0. The van der Waals surface area contributed by atoms with Crippen molar-refractivity contribution in [1.82, 2.24) is 0 Å². The zero-order valence-electron chi connectivity index (χ0n) is 18.2. The summed E-state index contributed by atoms with van der Waals surface area (Å²) in [4.78, 5) is 3.81. The summed E-state index contributed by atoms with van der Waals surface area (Å²) in [6, 6.07) is 0. The van der Waals surface area contributed by atoms with E-state index in [1.807, 2.05) is 0 Å². The smallest absolute Gasteiger partial charge is 0.862 e. The first-order valence-electron chi connectivity index (χ1n) is 10.8. The Hall–Kier alpha value is 0.756. The van der Waals surface area contributed by atoms with Crippen molar-refractivity contribution in [3.8, 4) is 0 Å². The Balaban J connectivity index is 0. The average molecular weight is 442 g/mol. The van der Waals surface area contributed by atoms with Gasteiger partial charge in [-0.2, -0.15) is 8.42 Å². The Morgan fingerprint density at radius 2 is 1.36 bits per heavy atom. The van der Waals surface area contributed by atoms with Crippen molar-refractivity contribution >= 4 is 16.0 Å². The van der Waals surface area contributed by atoms with Gasteiger partial charge in [0.05, 0.1) is 5.75 Å². The maximum absolute atomic E-state index is 11.5. The van der Waals surface area contributed by atoms with Gasteiger partial charge in [-0.05, 0) is 50.8 Å². The summed E-state index contributed by atoms with van der Waals surface area (Å²) in [6.07, 6.45) is 21.2. The number of nitrogens with zero attached hydrogens (tertiary/aromatic N) is 1. The molecule has 5 nitrogen and oxygen atoms in total. The van der Waals surface area contributed by atoms with E-state index in [-0.39, 0.29) is 76.0 Å². The minimum atomic E-state index is -3.94. The van der Waals surface area contributed by atoms with Crippen LogP contribution in [0.2, 0.25) is 0 Å². The Morgan fingerprint density at radius 1 is 0.857 bits per heavy atom. The predicted octanol–water partition coefficient (Wildman–Crippen LogP) is 2.06. The van der Waals surface area contributed by atoms with Gasteiger partial charge in [-0.3, -0.25) is 4.55 Å². The zero-order valence-corrected chi connectivity index (χ0v) is 22.1. The van der Waals surface area contributed by atoms with E-state index in [4.69, 9.17) is 4.55 Å². The van der Waals surface area contributed by atoms with Crippen LogP contribution in [0.1, 0.15) is 103 Å². The van der Waals surface area contributed by atoms with Crippen LogP contribution in [0.3, 0.4) is 0 Å². The van der Waals surface area contributed by atoms with Crippen LogP contribution >= 0.6 is 0 Å². The molecule has 0 aromatic rings. The molecule has 1 N–H and O–H groups in total. The minimum absolute atomic E-state index is 0. The quantitative estimate of drug-likeness (QED) is 0.0830. The largest absolute Gasteiger partial charge is 1.00 e. The molecule has 0 aromatic heterocycles. The van der Waals surface area contributed by atoms with E-state index in [1.165, 1.54) is 57.8 Å². The number of aliphatic imine (C=N–C) groups is 1. The zero-order chi connectivity index (χ0) is 20.2. The standard InChI is InChI=1S/C21H41NO4S.K/c1-2-3-4-5-6-7-8-9-10-11-12-13-14-15-16-18-21(23)22-19-17-20-27(24,25)26;/h9-10H,2-8,11-20H2,1H3,(H,22,23)(H,24,25,26);/q;+1/p-1/b10-9-;. The van der Waals surface area contributed by atoms with Gasteiger partial charge in [0.2, 0.25) is 0 Å². The molecule has 0 radical (unpaired) electrons. The summed E-state index contributed by atoms with van der Waals surface area (Å²) in [7, 11) is -3.94. The summed E-state index contributed by atoms with van der Waals surface area (Å²) in [5.74, 6) is -0.500. The fourth-order valence-electron chi connectivity index (χ4n) is 2.88. The van der Waals surface area contributed by atoms with E-state index in [9.17, 15) is 13.5 Å². The van der Waals surface area contributed by atoms with Gasteiger partial charge in [0.15, 0.2) is 0 Å². The number of allylic oxidation sites excluding steroid dienone is 2. The first-order valence-corrected chi connectivity index (χ1v) is 12.4. The number of unbranched alkanes of at least 4 members (excludes halogenated alkanes) is 11. The summed E-state index contributed by atoms with van der Waals surface area (Å²) in [5.41, 5.74) is 0. The van der Waals surface area contributed by atoms with Gasteiger partial charge < -0.3 is 10.1 Å². The molecular weight excluding hydrogens is 401 g/mol. The van der Waals surface area contributed by atoms with Crippen molar-refractivity contribution in [3.63, 3.8) is 0 Å². The average Bonchev–Trinajstić information content (AvgIpc) is 2.61. The second-order valence-electron chi connectivity index (χ2n) is 7.25. The predicted molar refractivity (Wildman–Crippen MR) is 113 cm³/mol. The van der Waals surface area contributed by atoms with Crippen LogP contribution < -0.4 is 56.5 Å². The van der Waals surface area contributed by atoms with Crippen LogP contribution in [0, 0.1) is 0 Å². The summed E-state index contributed by atoms with van der Waals surface area (Å²) >= 11 is 0. The molecule has 160 valence electrons. The van der Waals surface area contributed by atoms with Gasteiger partial charge in [0, 0.05) is 6.54 Å². The molecule has 0 saturated heterocycles. The Morgan fingerprint density at radius 3 is 1.89 bits per heavy atom. The van der Waals surface area contributed by atoms with Crippen molar-refractivity contribution in [3.05, 3.63) is 12.2 Å². The van der Waals surface area contributed by atoms with Crippen molar-refractivity contribution in [2.24, 2.45) is 4.99 Å². The Labute approximate surface area is 216 Å². The maximum Gasteiger partial charge on any atom is 1.00 e. The fourth-order valence-corrected chi connectivity index (χ4v) is 3.37. The fraction of sp³-hybridized carbons (Fsp3) is 0.857. The summed E-state index contributed by atoms with van der Waals surface area (Å²) in [5, 5.41) is 11.5. The molecule has 7 heteroatoms. The Kier molecular flexibility index (Phi) is 24.8. The molecule has 0 heterocycles. The first kappa shape index (κ1) is 30.9. The molecule has 0 spiro atoms. The SMILES string of the molecule is CCCCCCCC/C=C\CCCCCCCC([O-])=NCCCS(=O)(=O)O.[K+]. The Bertz CT molecular complexity index is 493. The van der Waals surface area contributed by atoms with E-state index >= 15 is 0 Å². The second kappa shape index (κ2) is 22.4. The van der Waals surface area contributed by atoms with Crippen LogP contribution in [0.15, 0.2) is 17.1 Å². The molecular formula is C21H40KNO4S. The van der Waals surface area contributed by atoms with Gasteiger partial charge in [0.25, 0.3) is 10.1 Å². The molecule has 0 aromatic carbocycles. The van der Waals surface area contributed by atoms with Crippen LogP contribution in [-0.4, -0.2) is 31.2 Å². The van der Waals surface area contributed by atoms with Crippen LogP contribution in [-0.2, 0) is 10.1 Å². The molecule has 0 atom stereocenters. The number of hydrogen-bond acceptors (Lipinski definition) is 4. The third kappa shape index (κ3) is 26.8. The second-order valence-corrected chi connectivity index (χ2v) is 8.82.